The molecule has 4 aromatic rings. The number of rotatable bonds is 5. The molecule has 1 amide bonds. The molecule has 0 radical (unpaired) electrons. The van der Waals surface area contributed by atoms with Gasteiger partial charge in [0.25, 0.3) is 11.5 Å². The zero-order chi connectivity index (χ0) is 22.1. The van der Waals surface area contributed by atoms with Crippen LogP contribution in [0.3, 0.4) is 0 Å². The molecule has 158 valence electrons. The molecular weight excluding hydrogens is 394 g/mol. The van der Waals surface area contributed by atoms with E-state index < -0.39 is 0 Å². The number of hydrogen-bond acceptors (Lipinski definition) is 5. The Morgan fingerprint density at radius 3 is 2.71 bits per heavy atom. The SMILES string of the molecule is CCc1cc(=O)[nH]c(-c2cccc(NC(=O)c3cc(-c4c(C)nn(C)c4C)n[nH]3)c2)n1. The van der Waals surface area contributed by atoms with Gasteiger partial charge in [-0.15, -0.1) is 0 Å². The minimum absolute atomic E-state index is 0.206. The molecule has 0 spiro atoms. The predicted molar refractivity (Wildman–Crippen MR) is 118 cm³/mol. The first-order chi connectivity index (χ1) is 14.9. The quantitative estimate of drug-likeness (QED) is 0.461. The van der Waals surface area contributed by atoms with Crippen LogP contribution in [0.2, 0.25) is 0 Å². The van der Waals surface area contributed by atoms with E-state index in [1.54, 1.807) is 28.9 Å². The number of aryl methyl sites for hydroxylation is 3. The lowest BCUT2D eigenvalue weighted by Crippen LogP contribution is -2.13. The van der Waals surface area contributed by atoms with E-state index >= 15 is 0 Å². The van der Waals surface area contributed by atoms with Gasteiger partial charge >= 0.3 is 0 Å². The molecule has 0 unspecified atom stereocenters. The Kier molecular flexibility index (Phi) is 5.24. The predicted octanol–water partition coefficient (Wildman–Crippen LogP) is 2.99. The molecule has 0 aliphatic carbocycles. The maximum atomic E-state index is 12.8. The summed E-state index contributed by atoms with van der Waals surface area (Å²) in [6, 6.07) is 10.4. The molecule has 9 heteroatoms. The van der Waals surface area contributed by atoms with Crippen LogP contribution in [0.1, 0.15) is 34.5 Å². The number of hydrogen-bond donors (Lipinski definition) is 3. The molecule has 9 nitrogen and oxygen atoms in total. The maximum Gasteiger partial charge on any atom is 0.273 e. The summed E-state index contributed by atoms with van der Waals surface area (Å²) in [7, 11) is 1.87. The van der Waals surface area contributed by atoms with Crippen LogP contribution in [-0.4, -0.2) is 35.9 Å². The molecule has 0 saturated heterocycles. The first-order valence-corrected chi connectivity index (χ1v) is 9.93. The van der Waals surface area contributed by atoms with E-state index in [9.17, 15) is 9.59 Å². The Hall–Kier alpha value is -4.01. The number of amides is 1. The van der Waals surface area contributed by atoms with Gasteiger partial charge in [-0.3, -0.25) is 19.4 Å². The van der Waals surface area contributed by atoms with E-state index in [-0.39, 0.29) is 11.5 Å². The van der Waals surface area contributed by atoms with Crippen molar-refractivity contribution in [2.24, 2.45) is 7.05 Å². The number of nitrogens with zero attached hydrogens (tertiary/aromatic N) is 4. The second-order valence-electron chi connectivity index (χ2n) is 7.31. The van der Waals surface area contributed by atoms with Crippen LogP contribution in [0.25, 0.3) is 22.6 Å². The van der Waals surface area contributed by atoms with Crippen molar-refractivity contribution >= 4 is 11.6 Å². The Balaban J connectivity index is 1.58. The molecule has 0 bridgehead atoms. The molecular formula is C22H23N7O2. The number of benzene rings is 1. The summed E-state index contributed by atoms with van der Waals surface area (Å²) < 4.78 is 1.79. The summed E-state index contributed by atoms with van der Waals surface area (Å²) in [6.45, 7) is 5.81. The van der Waals surface area contributed by atoms with Crippen LogP contribution < -0.4 is 10.9 Å². The minimum atomic E-state index is -0.321. The lowest BCUT2D eigenvalue weighted by atomic mass is 10.1. The van der Waals surface area contributed by atoms with Gasteiger partial charge in [-0.05, 0) is 38.5 Å². The summed E-state index contributed by atoms with van der Waals surface area (Å²) >= 11 is 0. The molecule has 0 saturated carbocycles. The van der Waals surface area contributed by atoms with Gasteiger partial charge in [0.1, 0.15) is 11.5 Å². The topological polar surface area (TPSA) is 121 Å². The van der Waals surface area contributed by atoms with E-state index in [0.717, 1.165) is 17.0 Å². The molecule has 31 heavy (non-hydrogen) atoms. The number of aromatic nitrogens is 6. The normalized spacial score (nSPS) is 11.0. The fourth-order valence-corrected chi connectivity index (χ4v) is 3.48. The van der Waals surface area contributed by atoms with Crippen LogP contribution >= 0.6 is 0 Å². The van der Waals surface area contributed by atoms with Crippen molar-refractivity contribution in [1.29, 1.82) is 0 Å². The zero-order valence-electron chi connectivity index (χ0n) is 17.8. The Morgan fingerprint density at radius 2 is 2.00 bits per heavy atom. The third-order valence-corrected chi connectivity index (χ3v) is 5.14. The minimum Gasteiger partial charge on any atom is -0.321 e. The highest BCUT2D eigenvalue weighted by molar-refractivity contribution is 6.03. The van der Waals surface area contributed by atoms with Crippen LogP contribution in [-0.2, 0) is 13.5 Å². The summed E-state index contributed by atoms with van der Waals surface area (Å²) in [5.41, 5.74) is 5.52. The average Bonchev–Trinajstić information content (AvgIpc) is 3.32. The molecule has 0 aliphatic heterocycles. The van der Waals surface area contributed by atoms with Crippen molar-refractivity contribution < 1.29 is 4.79 Å². The van der Waals surface area contributed by atoms with Crippen molar-refractivity contribution in [3.63, 3.8) is 0 Å². The average molecular weight is 417 g/mol. The summed E-state index contributed by atoms with van der Waals surface area (Å²) in [5, 5.41) is 14.3. The highest BCUT2D eigenvalue weighted by atomic mass is 16.2. The van der Waals surface area contributed by atoms with E-state index in [0.29, 0.717) is 40.6 Å². The van der Waals surface area contributed by atoms with Gasteiger partial charge in [-0.1, -0.05) is 19.1 Å². The number of H-pyrrole nitrogens is 2. The van der Waals surface area contributed by atoms with Crippen LogP contribution in [0.5, 0.6) is 0 Å². The largest absolute Gasteiger partial charge is 0.321 e. The van der Waals surface area contributed by atoms with Crippen LogP contribution in [0.4, 0.5) is 5.69 Å². The highest BCUT2D eigenvalue weighted by Crippen LogP contribution is 2.25. The first kappa shape index (κ1) is 20.3. The van der Waals surface area contributed by atoms with Gasteiger partial charge in [0, 0.05) is 41.3 Å². The fraction of sp³-hybridized carbons (Fsp3) is 0.227. The number of aromatic amines is 2. The van der Waals surface area contributed by atoms with Gasteiger partial charge in [0.15, 0.2) is 0 Å². The lowest BCUT2D eigenvalue weighted by molar-refractivity contribution is 0.102. The van der Waals surface area contributed by atoms with Gasteiger partial charge in [-0.2, -0.15) is 10.2 Å². The van der Waals surface area contributed by atoms with Gasteiger partial charge < -0.3 is 10.3 Å². The van der Waals surface area contributed by atoms with Crippen molar-refractivity contribution in [2.45, 2.75) is 27.2 Å². The van der Waals surface area contributed by atoms with E-state index in [1.165, 1.54) is 6.07 Å². The molecule has 0 fully saturated rings. The molecule has 1 aromatic carbocycles. The number of nitrogens with one attached hydrogen (secondary N) is 3. The Bertz CT molecular complexity index is 1330. The van der Waals surface area contributed by atoms with E-state index in [2.05, 4.69) is 30.6 Å². The smallest absolute Gasteiger partial charge is 0.273 e. The summed E-state index contributed by atoms with van der Waals surface area (Å²) in [6.07, 6.45) is 0.658. The first-order valence-electron chi connectivity index (χ1n) is 9.93. The van der Waals surface area contributed by atoms with Gasteiger partial charge in [0.05, 0.1) is 11.4 Å². The molecule has 0 aliphatic rings. The number of anilines is 1. The second kappa shape index (κ2) is 8.02. The van der Waals surface area contributed by atoms with Crippen molar-refractivity contribution in [1.82, 2.24) is 29.9 Å². The molecule has 3 heterocycles. The van der Waals surface area contributed by atoms with E-state index in [1.807, 2.05) is 33.9 Å². The van der Waals surface area contributed by atoms with E-state index in [4.69, 9.17) is 0 Å². The standard InChI is InChI=1S/C22H23N7O2/c1-5-15-10-19(30)25-21(23-15)14-7-6-8-16(9-14)24-22(31)18-11-17(26-27-18)20-12(2)28-29(4)13(20)3/h6-11H,5H2,1-4H3,(H,24,31)(H,26,27)(H,23,25,30). The van der Waals surface area contributed by atoms with Gasteiger partial charge in [0.2, 0.25) is 0 Å². The van der Waals surface area contributed by atoms with Crippen LogP contribution in [0, 0.1) is 13.8 Å². The number of carbonyl (C=O) groups is 1. The zero-order valence-corrected chi connectivity index (χ0v) is 17.8. The van der Waals surface area contributed by atoms with Crippen molar-refractivity contribution in [3.05, 3.63) is 69.5 Å². The highest BCUT2D eigenvalue weighted by Gasteiger charge is 2.17. The Morgan fingerprint density at radius 1 is 1.19 bits per heavy atom. The third kappa shape index (κ3) is 4.02. The van der Waals surface area contributed by atoms with Crippen molar-refractivity contribution in [3.8, 4) is 22.6 Å². The molecule has 4 rings (SSSR count). The monoisotopic (exact) mass is 417 g/mol. The van der Waals surface area contributed by atoms with Crippen molar-refractivity contribution in [2.75, 3.05) is 5.32 Å². The third-order valence-electron chi connectivity index (χ3n) is 5.14. The summed E-state index contributed by atoms with van der Waals surface area (Å²) in [4.78, 5) is 31.8. The molecule has 3 N–H and O–H groups in total. The fourth-order valence-electron chi connectivity index (χ4n) is 3.48. The lowest BCUT2D eigenvalue weighted by Gasteiger charge is -2.07. The van der Waals surface area contributed by atoms with Crippen LogP contribution in [0.15, 0.2) is 41.2 Å². The maximum absolute atomic E-state index is 12.8. The second-order valence-corrected chi connectivity index (χ2v) is 7.31. The number of carbonyl (C=O) groups excluding carboxylic acids is 1. The molecule has 0 atom stereocenters. The Labute approximate surface area is 178 Å². The molecule has 3 aromatic heterocycles. The van der Waals surface area contributed by atoms with Gasteiger partial charge in [-0.25, -0.2) is 4.98 Å². The summed E-state index contributed by atoms with van der Waals surface area (Å²) in [5.74, 6) is 0.144.